The third kappa shape index (κ3) is 2.94. The zero-order chi connectivity index (χ0) is 13.8. The van der Waals surface area contributed by atoms with Crippen molar-refractivity contribution in [2.45, 2.75) is 0 Å². The lowest BCUT2D eigenvalue weighted by Crippen LogP contribution is -2.12. The number of halogens is 1. The van der Waals surface area contributed by atoms with E-state index in [9.17, 15) is 10.0 Å². The number of aromatic nitrogens is 3. The smallest absolute Gasteiger partial charge is 0.343 e. The minimum atomic E-state index is -0.545. The van der Waals surface area contributed by atoms with Crippen molar-refractivity contribution in [1.29, 1.82) is 0 Å². The van der Waals surface area contributed by atoms with Gasteiger partial charge in [0.05, 0.1) is 12.1 Å². The number of carbonyl (C=O) groups is 1. The van der Waals surface area contributed by atoms with Crippen LogP contribution in [0.15, 0.2) is 24.5 Å². The molecule has 0 radical (unpaired) electrons. The number of rotatable bonds is 4. The van der Waals surface area contributed by atoms with Crippen molar-refractivity contribution < 1.29 is 19.5 Å². The highest BCUT2D eigenvalue weighted by Gasteiger charge is 2.14. The molecule has 0 aliphatic heterocycles. The topological polar surface area (TPSA) is 86.5 Å². The van der Waals surface area contributed by atoms with Crippen molar-refractivity contribution in [3.8, 4) is 17.1 Å². The highest BCUT2D eigenvalue weighted by Crippen LogP contribution is 2.28. The Kier molecular flexibility index (Phi) is 3.86. The fourth-order valence-corrected chi connectivity index (χ4v) is 1.60. The Hall–Kier alpha value is -2.28. The molecule has 0 bridgehead atoms. The van der Waals surface area contributed by atoms with Gasteiger partial charge in [-0.2, -0.15) is 0 Å². The van der Waals surface area contributed by atoms with Crippen LogP contribution >= 0.6 is 11.6 Å². The summed E-state index contributed by atoms with van der Waals surface area (Å²) in [6.07, 6.45) is 2.97. The number of methoxy groups -OCH3 is 1. The maximum absolute atomic E-state index is 10.9. The first-order valence-corrected chi connectivity index (χ1v) is 5.58. The van der Waals surface area contributed by atoms with Gasteiger partial charge in [-0.25, -0.2) is 4.79 Å². The second-order valence-electron chi connectivity index (χ2n) is 3.48. The molecule has 1 N–H and O–H groups in total. The van der Waals surface area contributed by atoms with E-state index in [1.165, 1.54) is 25.6 Å². The van der Waals surface area contributed by atoms with Gasteiger partial charge in [0.25, 0.3) is 0 Å². The van der Waals surface area contributed by atoms with Crippen LogP contribution in [0.4, 0.5) is 0 Å². The van der Waals surface area contributed by atoms with Gasteiger partial charge in [0.2, 0.25) is 5.88 Å². The summed E-state index contributed by atoms with van der Waals surface area (Å²) in [6.45, 7) is -0.295. The molecule has 2 aromatic heterocycles. The largest absolute Gasteiger partial charge is 0.466 e. The second-order valence-corrected chi connectivity index (χ2v) is 3.88. The van der Waals surface area contributed by atoms with Gasteiger partial charge in [0, 0.05) is 24.0 Å². The molecule has 0 aromatic carbocycles. The first-order valence-electron chi connectivity index (χ1n) is 5.20. The molecule has 0 unspecified atom stereocenters. The molecule has 2 heterocycles. The van der Waals surface area contributed by atoms with E-state index in [1.54, 1.807) is 6.07 Å². The van der Waals surface area contributed by atoms with Crippen molar-refractivity contribution in [1.82, 2.24) is 14.9 Å². The number of esters is 1. The summed E-state index contributed by atoms with van der Waals surface area (Å²) in [5, 5.41) is 13.7. The van der Waals surface area contributed by atoms with Crippen LogP contribution in [0.25, 0.3) is 11.3 Å². The molecule has 0 saturated carbocycles. The van der Waals surface area contributed by atoms with Gasteiger partial charge in [-0.05, 0) is 6.07 Å². The van der Waals surface area contributed by atoms with Gasteiger partial charge in [-0.15, -0.1) is 0 Å². The number of ether oxygens (including phenoxy) is 2. The summed E-state index contributed by atoms with van der Waals surface area (Å²) in [7, 11) is 1.25. The van der Waals surface area contributed by atoms with Crippen LogP contribution in [0.1, 0.15) is 0 Å². The van der Waals surface area contributed by atoms with E-state index in [2.05, 4.69) is 14.8 Å². The monoisotopic (exact) mass is 283 g/mol. The van der Waals surface area contributed by atoms with Crippen LogP contribution in [0.3, 0.4) is 0 Å². The lowest BCUT2D eigenvalue weighted by molar-refractivity contribution is -0.143. The molecule has 0 aliphatic carbocycles. The Labute approximate surface area is 113 Å². The van der Waals surface area contributed by atoms with Gasteiger partial charge in [0.15, 0.2) is 6.61 Å². The number of hydrogen-bond donors (Lipinski definition) is 1. The summed E-state index contributed by atoms with van der Waals surface area (Å²) in [6, 6.07) is 3.07. The van der Waals surface area contributed by atoms with E-state index in [4.69, 9.17) is 16.3 Å². The molecule has 2 rings (SSSR count). The van der Waals surface area contributed by atoms with Gasteiger partial charge in [-0.1, -0.05) is 21.5 Å². The minimum absolute atomic E-state index is 0.0794. The second kappa shape index (κ2) is 5.57. The first kappa shape index (κ1) is 13.2. The molecular formula is C11H10ClN3O4. The Morgan fingerprint density at radius 2 is 2.37 bits per heavy atom. The fraction of sp³-hybridized carbons (Fsp3) is 0.182. The Morgan fingerprint density at radius 3 is 3.05 bits per heavy atom. The summed E-state index contributed by atoms with van der Waals surface area (Å²) in [5.41, 5.74) is 0.867. The lowest BCUT2D eigenvalue weighted by atomic mass is 10.2. The van der Waals surface area contributed by atoms with Crippen LogP contribution < -0.4 is 4.74 Å². The normalized spacial score (nSPS) is 10.2. The number of pyridine rings is 1. The molecule has 0 spiro atoms. The molecule has 8 heteroatoms. The van der Waals surface area contributed by atoms with Gasteiger partial charge < -0.3 is 14.7 Å². The predicted octanol–water partition coefficient (Wildman–Crippen LogP) is 1.39. The van der Waals surface area contributed by atoms with Gasteiger partial charge in [0.1, 0.15) is 5.69 Å². The molecule has 7 nitrogen and oxygen atoms in total. The summed E-state index contributed by atoms with van der Waals surface area (Å²) in [4.78, 5) is 15.4. The predicted molar refractivity (Wildman–Crippen MR) is 65.2 cm³/mol. The average molecular weight is 284 g/mol. The molecule has 19 heavy (non-hydrogen) atoms. The zero-order valence-corrected chi connectivity index (χ0v) is 10.7. The fourth-order valence-electron chi connectivity index (χ4n) is 1.38. The summed E-state index contributed by atoms with van der Waals surface area (Å²) >= 11 is 5.96. The van der Waals surface area contributed by atoms with E-state index in [1.807, 2.05) is 0 Å². The van der Waals surface area contributed by atoms with E-state index >= 15 is 0 Å². The van der Waals surface area contributed by atoms with Crippen molar-refractivity contribution in [3.63, 3.8) is 0 Å². The SMILES string of the molecule is COC(=O)COc1cc(-c2ccncc2Cl)n(O)n1. The highest BCUT2D eigenvalue weighted by atomic mass is 35.5. The lowest BCUT2D eigenvalue weighted by Gasteiger charge is -2.00. The van der Waals surface area contributed by atoms with Crippen molar-refractivity contribution in [2.75, 3.05) is 13.7 Å². The molecule has 0 amide bonds. The first-order chi connectivity index (χ1) is 9.11. The third-order valence-corrected chi connectivity index (χ3v) is 2.58. The Balaban J connectivity index is 2.22. The van der Waals surface area contributed by atoms with E-state index in [0.717, 1.165) is 0 Å². The van der Waals surface area contributed by atoms with E-state index < -0.39 is 5.97 Å². The van der Waals surface area contributed by atoms with Crippen LogP contribution in [-0.2, 0) is 9.53 Å². The van der Waals surface area contributed by atoms with Crippen molar-refractivity contribution in [2.24, 2.45) is 0 Å². The van der Waals surface area contributed by atoms with Crippen molar-refractivity contribution >= 4 is 17.6 Å². The van der Waals surface area contributed by atoms with Crippen LogP contribution in [0.5, 0.6) is 5.88 Å². The number of nitrogens with zero attached hydrogens (tertiary/aromatic N) is 3. The van der Waals surface area contributed by atoms with Crippen LogP contribution in [0.2, 0.25) is 5.02 Å². The molecule has 2 aromatic rings. The summed E-state index contributed by atoms with van der Waals surface area (Å²) < 4.78 is 9.48. The zero-order valence-electron chi connectivity index (χ0n) is 9.91. The number of hydrogen-bond acceptors (Lipinski definition) is 6. The molecular weight excluding hydrogens is 274 g/mol. The average Bonchev–Trinajstić information content (AvgIpc) is 2.77. The maximum Gasteiger partial charge on any atom is 0.343 e. The van der Waals surface area contributed by atoms with Gasteiger partial charge in [-0.3, -0.25) is 4.98 Å². The highest BCUT2D eigenvalue weighted by molar-refractivity contribution is 6.33. The van der Waals surface area contributed by atoms with E-state index in [-0.39, 0.29) is 12.5 Å². The van der Waals surface area contributed by atoms with Crippen molar-refractivity contribution in [3.05, 3.63) is 29.5 Å². The van der Waals surface area contributed by atoms with Gasteiger partial charge >= 0.3 is 5.97 Å². The molecule has 0 atom stereocenters. The maximum atomic E-state index is 10.9. The molecule has 0 fully saturated rings. The minimum Gasteiger partial charge on any atom is -0.466 e. The van der Waals surface area contributed by atoms with E-state index in [0.29, 0.717) is 21.1 Å². The van der Waals surface area contributed by atoms with Crippen LogP contribution in [0, 0.1) is 0 Å². The quantitative estimate of drug-likeness (QED) is 0.674. The molecule has 100 valence electrons. The standard InChI is InChI=1S/C11H10ClN3O4/c1-18-11(16)6-19-10-4-9(15(17)14-10)7-2-3-13-5-8(7)12/h2-5,17H,6H2,1H3. The number of carbonyl (C=O) groups excluding carboxylic acids is 1. The Morgan fingerprint density at radius 1 is 1.58 bits per heavy atom. The van der Waals surface area contributed by atoms with Crippen LogP contribution in [-0.4, -0.2) is 39.8 Å². The summed E-state index contributed by atoms with van der Waals surface area (Å²) in [5.74, 6) is -0.466. The molecule has 0 aliphatic rings. The Bertz CT molecular complexity index is 599. The molecule has 0 saturated heterocycles. The third-order valence-electron chi connectivity index (χ3n) is 2.28.